The van der Waals surface area contributed by atoms with Gasteiger partial charge in [-0.25, -0.2) is 0 Å². The first-order valence-corrected chi connectivity index (χ1v) is 7.65. The predicted octanol–water partition coefficient (Wildman–Crippen LogP) is 2.24. The Morgan fingerprint density at radius 1 is 1.23 bits per heavy atom. The normalized spacial score (nSPS) is 22.0. The van der Waals surface area contributed by atoms with E-state index >= 15 is 0 Å². The van der Waals surface area contributed by atoms with Gasteiger partial charge in [-0.15, -0.1) is 0 Å². The fourth-order valence-electron chi connectivity index (χ4n) is 2.60. The highest BCUT2D eigenvalue weighted by atomic mass is 16.6. The Balaban J connectivity index is 1.94. The number of esters is 1. The summed E-state index contributed by atoms with van der Waals surface area (Å²) in [5.74, 6) is 0.571. The lowest BCUT2D eigenvalue weighted by molar-refractivity contribution is -0.151. The molecule has 0 aromatic heterocycles. The van der Waals surface area contributed by atoms with E-state index in [1.807, 2.05) is 24.3 Å². The maximum absolute atomic E-state index is 11.3. The van der Waals surface area contributed by atoms with E-state index in [-0.39, 0.29) is 18.2 Å². The number of methoxy groups -OCH3 is 1. The van der Waals surface area contributed by atoms with Crippen LogP contribution in [0.3, 0.4) is 0 Å². The summed E-state index contributed by atoms with van der Waals surface area (Å²) in [5, 5.41) is 0. The molecular weight excluding hydrogens is 282 g/mol. The highest BCUT2D eigenvalue weighted by Crippen LogP contribution is 2.21. The van der Waals surface area contributed by atoms with E-state index in [1.165, 1.54) is 6.92 Å². The Kier molecular flexibility index (Phi) is 5.80. The second kappa shape index (κ2) is 7.61. The Morgan fingerprint density at radius 3 is 2.41 bits per heavy atom. The number of hydrogen-bond donors (Lipinski definition) is 0. The van der Waals surface area contributed by atoms with E-state index in [0.29, 0.717) is 12.6 Å². The first-order valence-electron chi connectivity index (χ1n) is 7.65. The van der Waals surface area contributed by atoms with Crippen molar-refractivity contribution < 1.29 is 19.0 Å². The van der Waals surface area contributed by atoms with Crippen molar-refractivity contribution in [1.29, 1.82) is 0 Å². The minimum atomic E-state index is -0.256. The Labute approximate surface area is 132 Å². The summed E-state index contributed by atoms with van der Waals surface area (Å²) in [6.07, 6.45) is -0.286. The van der Waals surface area contributed by atoms with Crippen LogP contribution in [-0.4, -0.2) is 49.3 Å². The smallest absolute Gasteiger partial charge is 0.303 e. The van der Waals surface area contributed by atoms with Crippen LogP contribution in [0, 0.1) is 0 Å². The molecule has 1 fully saturated rings. The van der Waals surface area contributed by atoms with E-state index in [1.54, 1.807) is 7.11 Å². The summed E-state index contributed by atoms with van der Waals surface area (Å²) >= 11 is 0. The zero-order valence-corrected chi connectivity index (χ0v) is 13.7. The van der Waals surface area contributed by atoms with Crippen molar-refractivity contribution in [3.8, 4) is 5.75 Å². The average molecular weight is 307 g/mol. The van der Waals surface area contributed by atoms with E-state index in [0.717, 1.165) is 24.4 Å². The van der Waals surface area contributed by atoms with Crippen molar-refractivity contribution in [3.05, 3.63) is 29.8 Å². The fourth-order valence-corrected chi connectivity index (χ4v) is 2.60. The van der Waals surface area contributed by atoms with Gasteiger partial charge in [0.1, 0.15) is 18.0 Å². The molecule has 0 radical (unpaired) electrons. The molecule has 1 heterocycles. The van der Waals surface area contributed by atoms with Gasteiger partial charge in [0, 0.05) is 26.1 Å². The third kappa shape index (κ3) is 4.45. The van der Waals surface area contributed by atoms with Gasteiger partial charge >= 0.3 is 5.97 Å². The molecule has 22 heavy (non-hydrogen) atoms. The number of ether oxygens (including phenoxy) is 3. The van der Waals surface area contributed by atoms with Crippen LogP contribution in [0.4, 0.5) is 0 Å². The number of hydrogen-bond acceptors (Lipinski definition) is 5. The predicted molar refractivity (Wildman–Crippen MR) is 83.8 cm³/mol. The molecule has 0 spiro atoms. The molecule has 1 aromatic rings. The summed E-state index contributed by atoms with van der Waals surface area (Å²) in [4.78, 5) is 13.5. The lowest BCUT2D eigenvalue weighted by Gasteiger charge is -2.19. The molecule has 5 heteroatoms. The number of nitrogens with zero attached hydrogens (tertiary/aromatic N) is 1. The quantitative estimate of drug-likeness (QED) is 0.754. The lowest BCUT2D eigenvalue weighted by Crippen LogP contribution is -2.31. The molecule has 1 aromatic carbocycles. The van der Waals surface area contributed by atoms with Gasteiger partial charge in [-0.1, -0.05) is 12.1 Å². The van der Waals surface area contributed by atoms with E-state index in [4.69, 9.17) is 14.2 Å². The topological polar surface area (TPSA) is 48.0 Å². The molecule has 0 N–H and O–H groups in total. The summed E-state index contributed by atoms with van der Waals surface area (Å²) in [7, 11) is 1.65. The van der Waals surface area contributed by atoms with E-state index < -0.39 is 0 Å². The second-order valence-corrected chi connectivity index (χ2v) is 5.89. The molecule has 0 saturated carbocycles. The van der Waals surface area contributed by atoms with Gasteiger partial charge < -0.3 is 14.2 Å². The first-order chi connectivity index (χ1) is 10.5. The molecule has 0 amide bonds. The third-order valence-corrected chi connectivity index (χ3v) is 3.91. The largest absolute Gasteiger partial charge is 0.497 e. The van der Waals surface area contributed by atoms with Gasteiger partial charge in [-0.2, -0.15) is 0 Å². The Hall–Kier alpha value is -1.59. The van der Waals surface area contributed by atoms with Crippen molar-refractivity contribution in [2.75, 3.05) is 20.2 Å². The van der Waals surface area contributed by atoms with Crippen molar-refractivity contribution >= 4 is 5.97 Å². The van der Waals surface area contributed by atoms with Gasteiger partial charge in [0.25, 0.3) is 0 Å². The number of carbonyl (C=O) groups is 1. The Bertz CT molecular complexity index is 486. The maximum atomic E-state index is 11.3. The van der Waals surface area contributed by atoms with Crippen LogP contribution in [0.5, 0.6) is 5.75 Å². The van der Waals surface area contributed by atoms with Crippen molar-refractivity contribution in [2.24, 2.45) is 0 Å². The van der Waals surface area contributed by atoms with Crippen LogP contribution in [-0.2, 0) is 20.9 Å². The summed E-state index contributed by atoms with van der Waals surface area (Å²) in [5.41, 5.74) is 1.07. The second-order valence-electron chi connectivity index (χ2n) is 5.89. The molecule has 2 atom stereocenters. The van der Waals surface area contributed by atoms with Crippen LogP contribution in [0.15, 0.2) is 24.3 Å². The molecule has 1 aliphatic heterocycles. The molecule has 0 unspecified atom stereocenters. The number of benzene rings is 1. The van der Waals surface area contributed by atoms with Gasteiger partial charge in [-0.3, -0.25) is 9.69 Å². The third-order valence-electron chi connectivity index (χ3n) is 3.91. The lowest BCUT2D eigenvalue weighted by atomic mass is 10.2. The van der Waals surface area contributed by atoms with Crippen molar-refractivity contribution in [1.82, 2.24) is 4.90 Å². The van der Waals surface area contributed by atoms with Crippen LogP contribution in [0.2, 0.25) is 0 Å². The highest BCUT2D eigenvalue weighted by molar-refractivity contribution is 5.66. The monoisotopic (exact) mass is 307 g/mol. The fraction of sp³-hybridized carbons (Fsp3) is 0.588. The minimum absolute atomic E-state index is 0.0894. The Morgan fingerprint density at radius 2 is 1.86 bits per heavy atom. The van der Waals surface area contributed by atoms with E-state index in [9.17, 15) is 4.79 Å². The van der Waals surface area contributed by atoms with Crippen LogP contribution >= 0.6 is 0 Å². The summed E-state index contributed by atoms with van der Waals surface area (Å²) < 4.78 is 16.5. The molecule has 122 valence electrons. The first kappa shape index (κ1) is 16.8. The number of carbonyl (C=O) groups excluding carboxylic acids is 1. The molecule has 2 rings (SSSR count). The molecule has 0 aliphatic carbocycles. The minimum Gasteiger partial charge on any atom is -0.497 e. The molecule has 0 bridgehead atoms. The molecule has 1 saturated heterocycles. The standard InChI is InChI=1S/C17H25NO4/c1-12(2)18-9-16(17(10-18)22-13(3)19)21-11-14-5-7-15(20-4)8-6-14/h5-8,12,16-17H,9-11H2,1-4H3/t16-,17-/m1/s1. The van der Waals surface area contributed by atoms with Crippen LogP contribution in [0.25, 0.3) is 0 Å². The van der Waals surface area contributed by atoms with Gasteiger partial charge in [0.05, 0.1) is 13.7 Å². The molecule has 5 nitrogen and oxygen atoms in total. The summed E-state index contributed by atoms with van der Waals surface area (Å²) in [6.45, 7) is 7.72. The van der Waals surface area contributed by atoms with Crippen molar-refractivity contribution in [3.63, 3.8) is 0 Å². The van der Waals surface area contributed by atoms with Gasteiger partial charge in [-0.05, 0) is 31.5 Å². The highest BCUT2D eigenvalue weighted by Gasteiger charge is 2.36. The number of likely N-dealkylation sites (tertiary alicyclic amines) is 1. The van der Waals surface area contributed by atoms with Gasteiger partial charge in [0.2, 0.25) is 0 Å². The maximum Gasteiger partial charge on any atom is 0.303 e. The average Bonchev–Trinajstić information content (AvgIpc) is 2.88. The van der Waals surface area contributed by atoms with Crippen LogP contribution < -0.4 is 4.74 Å². The molecule has 1 aliphatic rings. The SMILES string of the molecule is COc1ccc(CO[C@@H]2CN(C(C)C)C[C@H]2OC(C)=O)cc1. The number of rotatable bonds is 6. The molecular formula is C17H25NO4. The van der Waals surface area contributed by atoms with Gasteiger partial charge in [0.15, 0.2) is 0 Å². The van der Waals surface area contributed by atoms with Crippen LogP contribution in [0.1, 0.15) is 26.3 Å². The summed E-state index contributed by atoms with van der Waals surface area (Å²) in [6, 6.07) is 8.20. The zero-order valence-electron chi connectivity index (χ0n) is 13.7. The van der Waals surface area contributed by atoms with Crippen molar-refractivity contribution in [2.45, 2.75) is 45.6 Å². The van der Waals surface area contributed by atoms with E-state index in [2.05, 4.69) is 18.7 Å². The zero-order chi connectivity index (χ0) is 16.1.